The highest BCUT2D eigenvalue weighted by atomic mass is 35.5. The van der Waals surface area contributed by atoms with E-state index in [1.165, 1.54) is 5.56 Å². The molecule has 0 saturated carbocycles. The van der Waals surface area contributed by atoms with Crippen LogP contribution in [0.1, 0.15) is 16.8 Å². The number of pyridine rings is 1. The Morgan fingerprint density at radius 3 is 2.53 bits per heavy atom. The van der Waals surface area contributed by atoms with E-state index in [1.54, 1.807) is 6.07 Å². The molecule has 1 aliphatic carbocycles. The normalized spacial score (nSPS) is 11.9. The van der Waals surface area contributed by atoms with Crippen LogP contribution >= 0.6 is 23.2 Å². The number of nitrogens with zero attached hydrogens (tertiary/aromatic N) is 2. The van der Waals surface area contributed by atoms with E-state index in [0.29, 0.717) is 27.7 Å². The second kappa shape index (κ2) is 7.24. The fourth-order valence-electron chi connectivity index (χ4n) is 4.68. The molecule has 5 aromatic rings. The quantitative estimate of drug-likeness (QED) is 0.293. The molecule has 0 aliphatic heterocycles. The van der Waals surface area contributed by atoms with Gasteiger partial charge in [-0.2, -0.15) is 5.26 Å². The molecule has 2 aromatic heterocycles. The van der Waals surface area contributed by atoms with Gasteiger partial charge in [-0.3, -0.25) is 4.98 Å². The van der Waals surface area contributed by atoms with Crippen LogP contribution in [0.3, 0.4) is 0 Å². The highest BCUT2D eigenvalue weighted by Crippen LogP contribution is 2.48. The Bertz CT molecular complexity index is 1590. The fourth-order valence-corrected chi connectivity index (χ4v) is 5.19. The molecular weight excluding hydrogens is 437 g/mol. The van der Waals surface area contributed by atoms with Crippen molar-refractivity contribution in [3.05, 3.63) is 99.8 Å². The number of aromatic nitrogens is 2. The number of para-hydroxylation sites is 1. The monoisotopic (exact) mass is 451 g/mol. The number of halogens is 2. The smallest absolute Gasteiger partial charge is 0.102 e. The number of hydrogen-bond donors (Lipinski definition) is 1. The number of H-pyrrole nitrogens is 1. The maximum atomic E-state index is 10.4. The Kier molecular flexibility index (Phi) is 4.33. The largest absolute Gasteiger partial charge is 0.360 e. The predicted molar refractivity (Wildman–Crippen MR) is 130 cm³/mol. The van der Waals surface area contributed by atoms with Crippen molar-refractivity contribution >= 4 is 34.1 Å². The zero-order valence-electron chi connectivity index (χ0n) is 16.8. The van der Waals surface area contributed by atoms with Crippen molar-refractivity contribution in [1.29, 1.82) is 5.26 Å². The molecule has 0 bridgehead atoms. The van der Waals surface area contributed by atoms with Gasteiger partial charge in [-0.25, -0.2) is 0 Å². The maximum absolute atomic E-state index is 10.4. The zero-order valence-corrected chi connectivity index (χ0v) is 18.3. The van der Waals surface area contributed by atoms with E-state index in [1.807, 2.05) is 54.7 Å². The first kappa shape index (κ1) is 19.1. The minimum atomic E-state index is 0.509. The van der Waals surface area contributed by atoms with Gasteiger partial charge in [0.15, 0.2) is 0 Å². The van der Waals surface area contributed by atoms with Gasteiger partial charge in [0.1, 0.15) is 6.07 Å². The highest BCUT2D eigenvalue weighted by molar-refractivity contribution is 6.36. The van der Waals surface area contributed by atoms with Crippen LogP contribution < -0.4 is 0 Å². The summed E-state index contributed by atoms with van der Waals surface area (Å²) < 4.78 is 0. The van der Waals surface area contributed by atoms with Crippen molar-refractivity contribution < 1.29 is 0 Å². The van der Waals surface area contributed by atoms with Crippen LogP contribution in [-0.4, -0.2) is 9.97 Å². The summed E-state index contributed by atoms with van der Waals surface area (Å²) in [6, 6.07) is 24.2. The van der Waals surface area contributed by atoms with Gasteiger partial charge in [-0.15, -0.1) is 0 Å². The summed E-state index contributed by atoms with van der Waals surface area (Å²) in [7, 11) is 0. The van der Waals surface area contributed by atoms with Crippen molar-refractivity contribution in [3.63, 3.8) is 0 Å². The van der Waals surface area contributed by atoms with E-state index in [4.69, 9.17) is 28.2 Å². The highest BCUT2D eigenvalue weighted by Gasteiger charge is 2.30. The minimum Gasteiger partial charge on any atom is -0.360 e. The van der Waals surface area contributed by atoms with Gasteiger partial charge < -0.3 is 4.98 Å². The standard InChI is InChI=1S/C27H15Cl2N3/c28-16-9-10-19(22(29)12-16)25-20(13-30)27(21-14-31-23-8-4-3-7-18(21)23)32-24-11-15-5-1-2-6-17(15)26(24)25/h1-10,12,14,31H,11H2. The molecule has 3 nitrogen and oxygen atoms in total. The summed E-state index contributed by atoms with van der Waals surface area (Å²) in [6.45, 7) is 0. The summed E-state index contributed by atoms with van der Waals surface area (Å²) in [5, 5.41) is 12.5. The molecule has 1 aliphatic rings. The molecule has 32 heavy (non-hydrogen) atoms. The first-order valence-electron chi connectivity index (χ1n) is 10.2. The van der Waals surface area contributed by atoms with Crippen LogP contribution in [0.25, 0.3) is 44.4 Å². The molecule has 0 atom stereocenters. The van der Waals surface area contributed by atoms with E-state index >= 15 is 0 Å². The van der Waals surface area contributed by atoms with Gasteiger partial charge in [-0.05, 0) is 29.3 Å². The number of benzene rings is 3. The van der Waals surface area contributed by atoms with Crippen molar-refractivity contribution in [3.8, 4) is 39.6 Å². The van der Waals surface area contributed by atoms with E-state index in [-0.39, 0.29) is 0 Å². The molecule has 0 saturated heterocycles. The Balaban J connectivity index is 1.75. The van der Waals surface area contributed by atoms with E-state index in [2.05, 4.69) is 23.2 Å². The number of nitrogens with one attached hydrogen (secondary N) is 1. The summed E-state index contributed by atoms with van der Waals surface area (Å²) in [4.78, 5) is 8.36. The number of fused-ring (bicyclic) bond motifs is 4. The predicted octanol–water partition coefficient (Wildman–Crippen LogP) is 7.65. The van der Waals surface area contributed by atoms with E-state index in [9.17, 15) is 5.26 Å². The molecule has 1 N–H and O–H groups in total. The van der Waals surface area contributed by atoms with Crippen molar-refractivity contribution in [2.45, 2.75) is 6.42 Å². The van der Waals surface area contributed by atoms with Crippen molar-refractivity contribution in [2.24, 2.45) is 0 Å². The molecule has 0 amide bonds. The molecule has 3 aromatic carbocycles. The van der Waals surface area contributed by atoms with Crippen LogP contribution in [0.5, 0.6) is 0 Å². The lowest BCUT2D eigenvalue weighted by Gasteiger charge is -2.16. The third kappa shape index (κ3) is 2.78. The summed E-state index contributed by atoms with van der Waals surface area (Å²) in [6.07, 6.45) is 2.64. The molecule has 0 unspecified atom stereocenters. The van der Waals surface area contributed by atoms with E-state index in [0.717, 1.165) is 44.4 Å². The SMILES string of the molecule is N#Cc1c(-c2c[nH]c3ccccc23)nc2c(c1-c1ccc(Cl)cc1Cl)-c1ccccc1C2. The van der Waals surface area contributed by atoms with Crippen LogP contribution in [-0.2, 0) is 6.42 Å². The summed E-state index contributed by atoms with van der Waals surface area (Å²) >= 11 is 12.9. The van der Waals surface area contributed by atoms with Crippen LogP contribution in [0.4, 0.5) is 0 Å². The molecule has 2 heterocycles. The van der Waals surface area contributed by atoms with Gasteiger partial charge in [0.25, 0.3) is 0 Å². The Labute approximate surface area is 194 Å². The minimum absolute atomic E-state index is 0.509. The zero-order chi connectivity index (χ0) is 21.8. The first-order valence-corrected chi connectivity index (χ1v) is 11.0. The maximum Gasteiger partial charge on any atom is 0.102 e. The molecule has 0 spiro atoms. The summed E-state index contributed by atoms with van der Waals surface area (Å²) in [5.41, 5.74) is 8.89. The topological polar surface area (TPSA) is 52.5 Å². The van der Waals surface area contributed by atoms with E-state index < -0.39 is 0 Å². The lowest BCUT2D eigenvalue weighted by molar-refractivity contribution is 1.12. The lowest BCUT2D eigenvalue weighted by atomic mass is 9.89. The number of hydrogen-bond acceptors (Lipinski definition) is 2. The Hall–Kier alpha value is -3.58. The molecule has 152 valence electrons. The third-order valence-corrected chi connectivity index (χ3v) is 6.62. The first-order chi connectivity index (χ1) is 15.7. The van der Waals surface area contributed by atoms with Crippen LogP contribution in [0, 0.1) is 11.3 Å². The van der Waals surface area contributed by atoms with Gasteiger partial charge in [-0.1, -0.05) is 71.7 Å². The molecular formula is C27H15Cl2N3. The number of nitriles is 1. The van der Waals surface area contributed by atoms with Crippen molar-refractivity contribution in [2.75, 3.05) is 0 Å². The average Bonchev–Trinajstić information content (AvgIpc) is 3.39. The number of aromatic amines is 1. The van der Waals surface area contributed by atoms with Crippen molar-refractivity contribution in [1.82, 2.24) is 9.97 Å². The van der Waals surface area contributed by atoms with Gasteiger partial charge in [0, 0.05) is 55.8 Å². The van der Waals surface area contributed by atoms with Gasteiger partial charge in [0.05, 0.1) is 17.0 Å². The lowest BCUT2D eigenvalue weighted by Crippen LogP contribution is -2.00. The molecule has 0 radical (unpaired) electrons. The van der Waals surface area contributed by atoms with Gasteiger partial charge >= 0.3 is 0 Å². The average molecular weight is 452 g/mol. The fraction of sp³-hybridized carbons (Fsp3) is 0.0370. The second-order valence-electron chi connectivity index (χ2n) is 7.85. The summed E-state index contributed by atoms with van der Waals surface area (Å²) in [5.74, 6) is 0. The van der Waals surface area contributed by atoms with Crippen LogP contribution in [0.15, 0.2) is 72.9 Å². The Morgan fingerprint density at radius 1 is 0.875 bits per heavy atom. The third-order valence-electron chi connectivity index (χ3n) is 6.07. The Morgan fingerprint density at radius 2 is 1.69 bits per heavy atom. The number of rotatable bonds is 2. The van der Waals surface area contributed by atoms with Gasteiger partial charge in [0.2, 0.25) is 0 Å². The second-order valence-corrected chi connectivity index (χ2v) is 8.69. The molecule has 0 fully saturated rings. The molecule has 6 rings (SSSR count). The molecule has 5 heteroatoms. The van der Waals surface area contributed by atoms with Crippen LogP contribution in [0.2, 0.25) is 10.0 Å².